The average Bonchev–Trinajstić information content (AvgIpc) is 2.24. The molecule has 0 aliphatic carbocycles. The second-order valence-electron chi connectivity index (χ2n) is 3.53. The van der Waals surface area contributed by atoms with Crippen LogP contribution in [0, 0.1) is 5.82 Å². The lowest BCUT2D eigenvalue weighted by molar-refractivity contribution is 0.0691. The van der Waals surface area contributed by atoms with Gasteiger partial charge < -0.3 is 9.84 Å². The quantitative estimate of drug-likeness (QED) is 0.759. The summed E-state index contributed by atoms with van der Waals surface area (Å²) in [6, 6.07) is 4.03. The van der Waals surface area contributed by atoms with E-state index in [4.69, 9.17) is 9.84 Å². The van der Waals surface area contributed by atoms with Crippen molar-refractivity contribution in [2.75, 3.05) is 6.61 Å². The number of unbranched alkanes of at least 4 members (excludes halogenated alkanes) is 1. The molecule has 0 radical (unpaired) electrons. The number of aromatic carboxylic acids is 1. The van der Waals surface area contributed by atoms with Crippen LogP contribution in [0.1, 0.15) is 35.7 Å². The molecule has 4 heteroatoms. The molecule has 0 unspecified atom stereocenters. The Balaban J connectivity index is 2.56. The van der Waals surface area contributed by atoms with Crippen molar-refractivity contribution in [3.8, 4) is 0 Å². The Hall–Kier alpha value is -1.42. The molecule has 0 saturated carbocycles. The molecule has 1 aromatic carbocycles. The molecule has 0 saturated heterocycles. The van der Waals surface area contributed by atoms with Gasteiger partial charge in [-0.1, -0.05) is 19.4 Å². The molecular formula is C12H15FO3. The fourth-order valence-corrected chi connectivity index (χ4v) is 1.26. The first kappa shape index (κ1) is 12.6. The van der Waals surface area contributed by atoms with Crippen molar-refractivity contribution in [3.05, 3.63) is 35.1 Å². The number of halogens is 1. The summed E-state index contributed by atoms with van der Waals surface area (Å²) < 4.78 is 18.5. The van der Waals surface area contributed by atoms with Crippen LogP contribution in [0.15, 0.2) is 18.2 Å². The molecule has 0 amide bonds. The first-order valence-electron chi connectivity index (χ1n) is 5.24. The Morgan fingerprint density at radius 1 is 1.50 bits per heavy atom. The number of carbonyl (C=O) groups is 1. The van der Waals surface area contributed by atoms with Crippen LogP contribution >= 0.6 is 0 Å². The lowest BCUT2D eigenvalue weighted by Crippen LogP contribution is -2.02. The molecule has 0 aliphatic rings. The van der Waals surface area contributed by atoms with E-state index in [1.54, 1.807) is 6.07 Å². The highest BCUT2D eigenvalue weighted by Gasteiger charge is 2.09. The first-order chi connectivity index (χ1) is 7.65. The Labute approximate surface area is 93.9 Å². The SMILES string of the molecule is CCCCOCc1ccc(C(=O)O)c(F)c1. The van der Waals surface area contributed by atoms with E-state index in [1.807, 2.05) is 0 Å². The van der Waals surface area contributed by atoms with E-state index in [0.29, 0.717) is 18.8 Å². The fourth-order valence-electron chi connectivity index (χ4n) is 1.26. The van der Waals surface area contributed by atoms with Gasteiger partial charge in [0.1, 0.15) is 5.82 Å². The molecule has 0 aliphatic heterocycles. The number of hydrogen-bond donors (Lipinski definition) is 1. The van der Waals surface area contributed by atoms with Gasteiger partial charge in [-0.3, -0.25) is 0 Å². The number of ether oxygens (including phenoxy) is 1. The second kappa shape index (κ2) is 6.23. The maximum atomic E-state index is 13.2. The van der Waals surface area contributed by atoms with Crippen LogP contribution < -0.4 is 0 Å². The Bertz CT molecular complexity index is 363. The minimum atomic E-state index is -1.25. The summed E-state index contributed by atoms with van der Waals surface area (Å²) in [5.74, 6) is -1.97. The van der Waals surface area contributed by atoms with E-state index in [0.717, 1.165) is 12.8 Å². The molecule has 16 heavy (non-hydrogen) atoms. The maximum Gasteiger partial charge on any atom is 0.338 e. The van der Waals surface area contributed by atoms with Crippen LogP contribution in [0.25, 0.3) is 0 Å². The van der Waals surface area contributed by atoms with Crippen LogP contribution in [0.5, 0.6) is 0 Å². The van der Waals surface area contributed by atoms with Gasteiger partial charge in [-0.25, -0.2) is 9.18 Å². The summed E-state index contributed by atoms with van der Waals surface area (Å²) in [7, 11) is 0. The van der Waals surface area contributed by atoms with Gasteiger partial charge in [0.25, 0.3) is 0 Å². The normalized spacial score (nSPS) is 10.4. The molecule has 0 atom stereocenters. The smallest absolute Gasteiger partial charge is 0.338 e. The summed E-state index contributed by atoms with van der Waals surface area (Å²) in [5.41, 5.74) is 0.343. The molecule has 1 rings (SSSR count). The summed E-state index contributed by atoms with van der Waals surface area (Å²) in [6.45, 7) is 3.01. The third-order valence-electron chi connectivity index (χ3n) is 2.17. The zero-order valence-corrected chi connectivity index (χ0v) is 9.20. The van der Waals surface area contributed by atoms with Gasteiger partial charge in [-0.2, -0.15) is 0 Å². The minimum Gasteiger partial charge on any atom is -0.478 e. The van der Waals surface area contributed by atoms with E-state index >= 15 is 0 Å². The highest BCUT2D eigenvalue weighted by Crippen LogP contribution is 2.11. The molecule has 0 fully saturated rings. The number of hydrogen-bond acceptors (Lipinski definition) is 2. The predicted octanol–water partition coefficient (Wildman–Crippen LogP) is 2.84. The van der Waals surface area contributed by atoms with Crippen molar-refractivity contribution >= 4 is 5.97 Å². The number of carboxylic acid groups (broad SMARTS) is 1. The average molecular weight is 226 g/mol. The Morgan fingerprint density at radius 2 is 2.25 bits per heavy atom. The van der Waals surface area contributed by atoms with Crippen LogP contribution in [0.3, 0.4) is 0 Å². The van der Waals surface area contributed by atoms with E-state index in [2.05, 4.69) is 6.92 Å². The van der Waals surface area contributed by atoms with Gasteiger partial charge in [-0.15, -0.1) is 0 Å². The van der Waals surface area contributed by atoms with Crippen molar-refractivity contribution in [1.29, 1.82) is 0 Å². The molecule has 3 nitrogen and oxygen atoms in total. The molecule has 0 spiro atoms. The zero-order chi connectivity index (χ0) is 12.0. The van der Waals surface area contributed by atoms with Gasteiger partial charge in [-0.05, 0) is 24.1 Å². The van der Waals surface area contributed by atoms with E-state index in [1.165, 1.54) is 12.1 Å². The van der Waals surface area contributed by atoms with Gasteiger partial charge >= 0.3 is 5.97 Å². The molecular weight excluding hydrogens is 211 g/mol. The first-order valence-corrected chi connectivity index (χ1v) is 5.24. The largest absolute Gasteiger partial charge is 0.478 e. The molecule has 1 aromatic rings. The summed E-state index contributed by atoms with van der Waals surface area (Å²) in [6.07, 6.45) is 2.02. The van der Waals surface area contributed by atoms with Crippen LogP contribution in [-0.2, 0) is 11.3 Å². The van der Waals surface area contributed by atoms with E-state index in [-0.39, 0.29) is 5.56 Å². The zero-order valence-electron chi connectivity index (χ0n) is 9.20. The van der Waals surface area contributed by atoms with Crippen LogP contribution in [-0.4, -0.2) is 17.7 Å². The fraction of sp³-hybridized carbons (Fsp3) is 0.417. The molecule has 0 heterocycles. The van der Waals surface area contributed by atoms with Crippen LogP contribution in [0.4, 0.5) is 4.39 Å². The van der Waals surface area contributed by atoms with Crippen LogP contribution in [0.2, 0.25) is 0 Å². The maximum absolute atomic E-state index is 13.2. The molecule has 0 aromatic heterocycles. The summed E-state index contributed by atoms with van der Waals surface area (Å²) >= 11 is 0. The Kier molecular flexibility index (Phi) is 4.92. The van der Waals surface area contributed by atoms with Gasteiger partial charge in [0.2, 0.25) is 0 Å². The van der Waals surface area contributed by atoms with Crippen molar-refractivity contribution < 1.29 is 19.0 Å². The Morgan fingerprint density at radius 3 is 2.81 bits per heavy atom. The summed E-state index contributed by atoms with van der Waals surface area (Å²) in [5, 5.41) is 8.63. The minimum absolute atomic E-state index is 0.308. The predicted molar refractivity (Wildman–Crippen MR) is 57.9 cm³/mol. The number of rotatable bonds is 6. The van der Waals surface area contributed by atoms with Gasteiger partial charge in [0.05, 0.1) is 12.2 Å². The van der Waals surface area contributed by atoms with E-state index < -0.39 is 11.8 Å². The van der Waals surface area contributed by atoms with Gasteiger partial charge in [0.15, 0.2) is 0 Å². The number of carboxylic acids is 1. The topological polar surface area (TPSA) is 46.5 Å². The third kappa shape index (κ3) is 3.62. The molecule has 0 bridgehead atoms. The monoisotopic (exact) mass is 226 g/mol. The second-order valence-corrected chi connectivity index (χ2v) is 3.53. The van der Waals surface area contributed by atoms with Gasteiger partial charge in [0, 0.05) is 6.61 Å². The van der Waals surface area contributed by atoms with Crippen molar-refractivity contribution in [3.63, 3.8) is 0 Å². The lowest BCUT2D eigenvalue weighted by Gasteiger charge is -2.04. The highest BCUT2D eigenvalue weighted by molar-refractivity contribution is 5.87. The van der Waals surface area contributed by atoms with Crippen molar-refractivity contribution in [2.24, 2.45) is 0 Å². The summed E-state index contributed by atoms with van der Waals surface area (Å²) in [4.78, 5) is 10.6. The van der Waals surface area contributed by atoms with Crippen molar-refractivity contribution in [2.45, 2.75) is 26.4 Å². The van der Waals surface area contributed by atoms with Crippen molar-refractivity contribution in [1.82, 2.24) is 0 Å². The number of benzene rings is 1. The highest BCUT2D eigenvalue weighted by atomic mass is 19.1. The lowest BCUT2D eigenvalue weighted by atomic mass is 10.1. The third-order valence-corrected chi connectivity index (χ3v) is 2.17. The molecule has 1 N–H and O–H groups in total. The van der Waals surface area contributed by atoms with E-state index in [9.17, 15) is 9.18 Å². The molecule has 88 valence electrons. The standard InChI is InChI=1S/C12H15FO3/c1-2-3-6-16-8-9-4-5-10(12(14)15)11(13)7-9/h4-5,7H,2-3,6,8H2,1H3,(H,14,15).